The van der Waals surface area contributed by atoms with Gasteiger partial charge in [-0.1, -0.05) is 18.1 Å². The van der Waals surface area contributed by atoms with Gasteiger partial charge in [0.1, 0.15) is 22.9 Å². The van der Waals surface area contributed by atoms with Gasteiger partial charge in [0.05, 0.1) is 32.8 Å². The summed E-state index contributed by atoms with van der Waals surface area (Å²) in [5.74, 6) is -0.0738. The van der Waals surface area contributed by atoms with E-state index in [1.807, 2.05) is 22.5 Å². The fourth-order valence-electron chi connectivity index (χ4n) is 9.91. The summed E-state index contributed by atoms with van der Waals surface area (Å²) in [6, 6.07) is 18.0. The van der Waals surface area contributed by atoms with Crippen molar-refractivity contribution < 1.29 is 22.7 Å². The Kier molecular flexibility index (Phi) is 9.63. The maximum atomic E-state index is 15.4. The number of amides is 1. The van der Waals surface area contributed by atoms with Crippen molar-refractivity contribution >= 4 is 26.5 Å². The molecular weight excluding hydrogens is 826 g/mol. The van der Waals surface area contributed by atoms with Crippen LogP contribution in [-0.4, -0.2) is 81.7 Å². The third-order valence-corrected chi connectivity index (χ3v) is 15.4. The van der Waals surface area contributed by atoms with E-state index in [4.69, 9.17) is 14.4 Å². The lowest BCUT2D eigenvalue weighted by atomic mass is 9.91. The number of nitrogens with zero attached hydrogens (tertiary/aromatic N) is 8. The number of aromatic nitrogens is 7. The number of aryl methyl sites for hydroxylation is 2. The molecule has 1 saturated carbocycles. The van der Waals surface area contributed by atoms with Crippen molar-refractivity contribution in [3.8, 4) is 17.2 Å². The molecule has 0 unspecified atom stereocenters. The Balaban J connectivity index is 1.11. The second kappa shape index (κ2) is 14.9. The lowest BCUT2D eigenvalue weighted by Crippen LogP contribution is -2.41. The van der Waals surface area contributed by atoms with Crippen LogP contribution in [0.15, 0.2) is 96.4 Å². The van der Waals surface area contributed by atoms with Crippen LogP contribution in [0.4, 0.5) is 4.39 Å². The summed E-state index contributed by atoms with van der Waals surface area (Å²) < 4.78 is 49.5. The topological polar surface area (TPSA) is 168 Å². The highest BCUT2D eigenvalue weighted by molar-refractivity contribution is 7.93. The molecule has 2 aliphatic heterocycles. The van der Waals surface area contributed by atoms with Crippen molar-refractivity contribution in [3.63, 3.8) is 0 Å². The minimum atomic E-state index is -2.59. The molecule has 0 bridgehead atoms. The average molecular weight is 874 g/mol. The van der Waals surface area contributed by atoms with Gasteiger partial charge in [-0.05, 0) is 123 Å². The summed E-state index contributed by atoms with van der Waals surface area (Å²) in [5, 5.41) is 10.2. The van der Waals surface area contributed by atoms with Gasteiger partial charge in [-0.3, -0.25) is 23.4 Å². The van der Waals surface area contributed by atoms with Crippen LogP contribution in [0.1, 0.15) is 89.3 Å². The minimum Gasteiger partial charge on any atom is -0.381 e. The second-order valence-electron chi connectivity index (χ2n) is 17.3. The first-order valence-corrected chi connectivity index (χ1v) is 23.1. The van der Waals surface area contributed by atoms with Gasteiger partial charge in [-0.25, -0.2) is 27.2 Å². The van der Waals surface area contributed by atoms with Crippen molar-refractivity contribution in [1.82, 2.24) is 38.5 Å². The molecule has 0 radical (unpaired) electrons. The Labute approximate surface area is 362 Å². The van der Waals surface area contributed by atoms with Gasteiger partial charge >= 0.3 is 11.4 Å². The summed E-state index contributed by atoms with van der Waals surface area (Å²) in [5.41, 5.74) is 4.60. The number of carbonyl (C=O) groups excluding carboxylic acids is 1. The monoisotopic (exact) mass is 873 g/mol. The Bertz CT molecular complexity index is 3210. The van der Waals surface area contributed by atoms with Gasteiger partial charge in [0, 0.05) is 73.2 Å². The molecule has 4 atom stereocenters. The fourth-order valence-corrected chi connectivity index (χ4v) is 10.8. The molecule has 15 nitrogen and oxygen atoms in total. The minimum absolute atomic E-state index is 0.0215. The van der Waals surface area contributed by atoms with Crippen LogP contribution in [0.2, 0.25) is 0 Å². The zero-order chi connectivity index (χ0) is 44.1. The van der Waals surface area contributed by atoms with Crippen LogP contribution in [0.5, 0.6) is 0 Å². The van der Waals surface area contributed by atoms with E-state index < -0.39 is 32.8 Å². The van der Waals surface area contributed by atoms with Crippen molar-refractivity contribution in [2.75, 3.05) is 33.1 Å². The first-order valence-electron chi connectivity index (χ1n) is 21.2. The Morgan fingerprint density at radius 1 is 0.968 bits per heavy atom. The lowest BCUT2D eigenvalue weighted by Gasteiger charge is -2.34. The van der Waals surface area contributed by atoms with Gasteiger partial charge in [0.15, 0.2) is 5.82 Å². The van der Waals surface area contributed by atoms with Crippen LogP contribution in [0, 0.1) is 25.6 Å². The zero-order valence-corrected chi connectivity index (χ0v) is 36.7. The predicted octanol–water partition coefficient (Wildman–Crippen LogP) is 6.72. The van der Waals surface area contributed by atoms with E-state index in [0.29, 0.717) is 94.5 Å². The number of halogens is 1. The summed E-state index contributed by atoms with van der Waals surface area (Å²) in [6.07, 6.45) is 7.72. The average Bonchev–Trinajstić information content (AvgIpc) is 3.78. The summed E-state index contributed by atoms with van der Waals surface area (Å²) >= 11 is 0. The maximum absolute atomic E-state index is 15.4. The van der Waals surface area contributed by atoms with Crippen molar-refractivity contribution in [2.45, 2.75) is 75.8 Å². The number of nitrogens with one attached hydrogen (secondary N) is 1. The van der Waals surface area contributed by atoms with E-state index in [0.717, 1.165) is 23.7 Å². The highest BCUT2D eigenvalue weighted by Gasteiger charge is 2.59. The second-order valence-corrected chi connectivity index (χ2v) is 19.7. The molecule has 63 heavy (non-hydrogen) atoms. The molecule has 4 aromatic heterocycles. The number of imidazole rings is 1. The molecule has 326 valence electrons. The first-order chi connectivity index (χ1) is 30.2. The van der Waals surface area contributed by atoms with Crippen molar-refractivity contribution in [1.29, 1.82) is 0 Å². The highest BCUT2D eigenvalue weighted by Crippen LogP contribution is 2.56. The number of benzene rings is 3. The van der Waals surface area contributed by atoms with E-state index in [2.05, 4.69) is 39.6 Å². The number of ether oxygens (including phenoxy) is 1. The summed E-state index contributed by atoms with van der Waals surface area (Å²) in [6.45, 7) is 9.12. The smallest absolute Gasteiger partial charge is 0.381 e. The number of hydrogen-bond acceptors (Lipinski definition) is 9. The van der Waals surface area contributed by atoms with Crippen molar-refractivity contribution in [3.05, 3.63) is 139 Å². The lowest BCUT2D eigenvalue weighted by molar-refractivity contribution is 0.0663. The van der Waals surface area contributed by atoms with Gasteiger partial charge in [-0.15, -0.1) is 0 Å². The Hall–Kier alpha value is -6.33. The number of aromatic amines is 1. The molecule has 3 aromatic carbocycles. The molecule has 17 heteroatoms. The molecule has 1 amide bonds. The van der Waals surface area contributed by atoms with E-state index in [-0.39, 0.29) is 17.6 Å². The molecule has 0 spiro atoms. The Morgan fingerprint density at radius 2 is 1.67 bits per heavy atom. The fraction of sp³-hybridized carbons (Fsp3) is 0.370. The molecular formula is C46H48FN9O6S. The normalized spacial score (nSPS) is 21.1. The SMILES string of the molecule is CN=[S@](C)(=O)c1ccc(-n2ccn(-c3c4c(nn3-c3cc(C)c(F)c(C)c3)CCN(C(=O)c3cc5cc(C6CCOCC6)ccc5n3[C@@]3(c5noc(=O)[nH]5)C[C@@H]3C)[C@H]4C)c2=O)cc1. The van der Waals surface area contributed by atoms with Crippen LogP contribution in [-0.2, 0) is 26.4 Å². The molecule has 3 aliphatic rings. The van der Waals surface area contributed by atoms with E-state index in [9.17, 15) is 13.8 Å². The number of fused-ring (bicyclic) bond motifs is 2. The largest absolute Gasteiger partial charge is 0.438 e. The summed E-state index contributed by atoms with van der Waals surface area (Å²) in [7, 11) is -1.07. The van der Waals surface area contributed by atoms with Crippen LogP contribution in [0.25, 0.3) is 28.1 Å². The molecule has 1 saturated heterocycles. The van der Waals surface area contributed by atoms with Crippen LogP contribution < -0.4 is 11.4 Å². The third kappa shape index (κ3) is 6.45. The number of hydrogen-bond donors (Lipinski definition) is 1. The third-order valence-electron chi connectivity index (χ3n) is 13.5. The molecule has 10 rings (SSSR count). The van der Waals surface area contributed by atoms with E-state index in [1.165, 1.54) is 21.7 Å². The number of rotatable bonds is 8. The van der Waals surface area contributed by atoms with Crippen molar-refractivity contribution in [2.24, 2.45) is 10.3 Å². The standard InChI is InChI=1S/C46H48FN9O6S/c1-26-21-34(22-27(2)40(26)47)56-41(54-18-17-53(45(54)59)33-8-10-35(11-9-33)63(6,60)48-5)39-29(4)52(16-13-36(39)50-56)42(57)38-24-32-23-31(30-14-19-61-20-15-30)7-12-37(32)55(38)46(25-28(46)3)43-49-44(58)62-51-43/h7-12,17-18,21-24,28-30H,13-16,19-20,25H2,1-6H3,(H,49,51,58)/t28-,29-,46-,63+/m0/s1. The van der Waals surface area contributed by atoms with Crippen LogP contribution in [0.3, 0.4) is 0 Å². The maximum Gasteiger partial charge on any atom is 0.438 e. The quantitative estimate of drug-likeness (QED) is 0.176. The van der Waals surface area contributed by atoms with E-state index >= 15 is 9.18 Å². The van der Waals surface area contributed by atoms with E-state index in [1.54, 1.807) is 73.6 Å². The van der Waals surface area contributed by atoms with Gasteiger partial charge in [-0.2, -0.15) is 5.10 Å². The summed E-state index contributed by atoms with van der Waals surface area (Å²) in [4.78, 5) is 47.6. The van der Waals surface area contributed by atoms with Crippen LogP contribution >= 0.6 is 0 Å². The first kappa shape index (κ1) is 40.7. The Morgan fingerprint density at radius 3 is 2.32 bits per heavy atom. The molecule has 1 N–H and O–H groups in total. The number of carbonyl (C=O) groups is 1. The van der Waals surface area contributed by atoms with Gasteiger partial charge in [0.2, 0.25) is 0 Å². The molecule has 7 aromatic rings. The predicted molar refractivity (Wildman–Crippen MR) is 234 cm³/mol. The highest BCUT2D eigenvalue weighted by atomic mass is 32.2. The zero-order valence-electron chi connectivity index (χ0n) is 35.9. The van der Waals surface area contributed by atoms with Gasteiger partial charge < -0.3 is 14.2 Å². The molecule has 6 heterocycles. The number of H-pyrrole nitrogens is 1. The molecule has 1 aliphatic carbocycles. The van der Waals surface area contributed by atoms with Gasteiger partial charge in [0.25, 0.3) is 5.91 Å². The molecule has 2 fully saturated rings.